The minimum atomic E-state index is -0.874. The van der Waals surface area contributed by atoms with Crippen molar-refractivity contribution in [2.45, 2.75) is 39.8 Å². The third-order valence-electron chi connectivity index (χ3n) is 6.11. The SMILES string of the molecule is COc1cc(C2/C(=C(\O)c3ccc(C)c(C)c3)C(=O)C(=O)N2CCOC(C)C)cc(OC)c1OC. The van der Waals surface area contributed by atoms with E-state index >= 15 is 0 Å². The fourth-order valence-corrected chi connectivity index (χ4v) is 4.15. The first-order valence-corrected chi connectivity index (χ1v) is 11.4. The van der Waals surface area contributed by atoms with Gasteiger partial charge in [-0.25, -0.2) is 0 Å². The third-order valence-corrected chi connectivity index (χ3v) is 6.11. The summed E-state index contributed by atoms with van der Waals surface area (Å²) < 4.78 is 22.1. The molecule has 0 spiro atoms. The van der Waals surface area contributed by atoms with Gasteiger partial charge in [0.1, 0.15) is 5.76 Å². The van der Waals surface area contributed by atoms with Crippen molar-refractivity contribution in [3.05, 3.63) is 58.2 Å². The highest BCUT2D eigenvalue weighted by Crippen LogP contribution is 2.45. The molecule has 1 aliphatic rings. The van der Waals surface area contributed by atoms with Crippen LogP contribution >= 0.6 is 0 Å². The molecule has 1 N–H and O–H groups in total. The zero-order valence-corrected chi connectivity index (χ0v) is 21.3. The van der Waals surface area contributed by atoms with Gasteiger partial charge in [0, 0.05) is 12.1 Å². The molecule has 1 aliphatic heterocycles. The number of amides is 1. The fraction of sp³-hybridized carbons (Fsp3) is 0.407. The van der Waals surface area contributed by atoms with Crippen molar-refractivity contribution in [3.63, 3.8) is 0 Å². The molecule has 1 fully saturated rings. The Balaban J connectivity index is 2.23. The molecule has 0 aromatic heterocycles. The zero-order chi connectivity index (χ0) is 25.9. The summed E-state index contributed by atoms with van der Waals surface area (Å²) in [4.78, 5) is 27.8. The maximum absolute atomic E-state index is 13.3. The Morgan fingerprint density at radius 2 is 1.60 bits per heavy atom. The van der Waals surface area contributed by atoms with Gasteiger partial charge >= 0.3 is 0 Å². The van der Waals surface area contributed by atoms with E-state index in [0.717, 1.165) is 11.1 Å². The van der Waals surface area contributed by atoms with Crippen LogP contribution in [0, 0.1) is 13.8 Å². The number of ether oxygens (including phenoxy) is 4. The largest absolute Gasteiger partial charge is 0.507 e. The summed E-state index contributed by atoms with van der Waals surface area (Å²) in [5.41, 5.74) is 3.00. The predicted octanol–water partition coefficient (Wildman–Crippen LogP) is 4.18. The molecule has 8 nitrogen and oxygen atoms in total. The van der Waals surface area contributed by atoms with Gasteiger partial charge in [-0.15, -0.1) is 0 Å². The Morgan fingerprint density at radius 1 is 0.971 bits per heavy atom. The van der Waals surface area contributed by atoms with Crippen LogP contribution in [0.1, 0.15) is 42.1 Å². The molecular weight excluding hydrogens is 450 g/mol. The molecule has 3 rings (SSSR count). The van der Waals surface area contributed by atoms with E-state index < -0.39 is 17.7 Å². The lowest BCUT2D eigenvalue weighted by molar-refractivity contribution is -0.140. The smallest absolute Gasteiger partial charge is 0.295 e. The standard InChI is InChI=1S/C27H33NO7/c1-15(2)35-11-10-28-23(19-13-20(32-5)26(34-7)21(14-19)33-6)22(25(30)27(28)31)24(29)18-9-8-16(3)17(4)12-18/h8-9,12-15,23,29H,10-11H2,1-7H3/b24-22+. The van der Waals surface area contributed by atoms with Crippen LogP contribution in [0.2, 0.25) is 0 Å². The summed E-state index contributed by atoms with van der Waals surface area (Å²) in [6.07, 6.45) is -0.0398. The van der Waals surface area contributed by atoms with E-state index in [1.165, 1.54) is 26.2 Å². The fourth-order valence-electron chi connectivity index (χ4n) is 4.15. The number of carbonyl (C=O) groups is 2. The number of ketones is 1. The third kappa shape index (κ3) is 5.12. The second-order valence-electron chi connectivity index (χ2n) is 8.67. The highest BCUT2D eigenvalue weighted by atomic mass is 16.5. The predicted molar refractivity (Wildman–Crippen MR) is 132 cm³/mol. The van der Waals surface area contributed by atoms with Gasteiger partial charge in [0.25, 0.3) is 11.7 Å². The normalized spacial score (nSPS) is 17.3. The van der Waals surface area contributed by atoms with Crippen LogP contribution in [0.25, 0.3) is 5.76 Å². The summed E-state index contributed by atoms with van der Waals surface area (Å²) in [7, 11) is 4.47. The van der Waals surface area contributed by atoms with Crippen molar-refractivity contribution < 1.29 is 33.6 Å². The average molecular weight is 484 g/mol. The second kappa shape index (κ2) is 10.8. The van der Waals surface area contributed by atoms with Crippen LogP contribution < -0.4 is 14.2 Å². The van der Waals surface area contributed by atoms with Gasteiger partial charge < -0.3 is 29.0 Å². The van der Waals surface area contributed by atoms with E-state index in [1.807, 2.05) is 33.8 Å². The van der Waals surface area contributed by atoms with Crippen molar-refractivity contribution in [1.29, 1.82) is 0 Å². The number of benzene rings is 2. The molecule has 2 aromatic rings. The molecule has 188 valence electrons. The number of aliphatic hydroxyl groups is 1. The lowest BCUT2D eigenvalue weighted by atomic mass is 9.93. The first kappa shape index (κ1) is 26.1. The van der Waals surface area contributed by atoms with Crippen molar-refractivity contribution in [1.82, 2.24) is 4.90 Å². The van der Waals surface area contributed by atoms with E-state index in [2.05, 4.69) is 0 Å². The zero-order valence-electron chi connectivity index (χ0n) is 21.3. The molecule has 1 atom stereocenters. The molecule has 0 saturated carbocycles. The van der Waals surface area contributed by atoms with Gasteiger partial charge in [-0.3, -0.25) is 9.59 Å². The summed E-state index contributed by atoms with van der Waals surface area (Å²) in [5, 5.41) is 11.3. The molecule has 1 unspecified atom stereocenters. The van der Waals surface area contributed by atoms with Crippen molar-refractivity contribution >= 4 is 17.4 Å². The minimum absolute atomic E-state index is 0.00271. The number of carbonyl (C=O) groups excluding carboxylic acids is 2. The molecule has 2 aromatic carbocycles. The highest BCUT2D eigenvalue weighted by Gasteiger charge is 2.46. The van der Waals surface area contributed by atoms with Gasteiger partial charge in [0.2, 0.25) is 5.75 Å². The maximum atomic E-state index is 13.3. The molecular formula is C27H33NO7. The maximum Gasteiger partial charge on any atom is 0.295 e. The second-order valence-corrected chi connectivity index (χ2v) is 8.67. The average Bonchev–Trinajstić information content (AvgIpc) is 3.09. The van der Waals surface area contributed by atoms with Crippen LogP contribution in [0.15, 0.2) is 35.9 Å². The van der Waals surface area contributed by atoms with E-state index in [1.54, 1.807) is 24.3 Å². The molecule has 0 bridgehead atoms. The van der Waals surface area contributed by atoms with Gasteiger partial charge in [0.15, 0.2) is 11.5 Å². The number of hydrogen-bond donors (Lipinski definition) is 1. The molecule has 35 heavy (non-hydrogen) atoms. The van der Waals surface area contributed by atoms with E-state index in [4.69, 9.17) is 18.9 Å². The molecule has 1 amide bonds. The quantitative estimate of drug-likeness (QED) is 0.325. The highest BCUT2D eigenvalue weighted by molar-refractivity contribution is 6.46. The van der Waals surface area contributed by atoms with E-state index in [-0.39, 0.29) is 30.6 Å². The van der Waals surface area contributed by atoms with Crippen molar-refractivity contribution in [2.24, 2.45) is 0 Å². The Bertz CT molecular complexity index is 1130. The number of nitrogens with zero attached hydrogens (tertiary/aromatic N) is 1. The van der Waals surface area contributed by atoms with Gasteiger partial charge in [-0.2, -0.15) is 0 Å². The Kier molecular flexibility index (Phi) is 8.07. The summed E-state index contributed by atoms with van der Waals surface area (Å²) in [5.74, 6) is -0.579. The number of rotatable bonds is 9. The summed E-state index contributed by atoms with van der Waals surface area (Å²) >= 11 is 0. The number of aryl methyl sites for hydroxylation is 2. The van der Waals surface area contributed by atoms with Crippen LogP contribution in [0.3, 0.4) is 0 Å². The van der Waals surface area contributed by atoms with Crippen molar-refractivity contribution in [3.8, 4) is 17.2 Å². The first-order chi connectivity index (χ1) is 16.6. The monoisotopic (exact) mass is 483 g/mol. The van der Waals surface area contributed by atoms with Gasteiger partial charge in [0.05, 0.1) is 45.7 Å². The van der Waals surface area contributed by atoms with Gasteiger partial charge in [-0.1, -0.05) is 12.1 Å². The number of methoxy groups -OCH3 is 3. The molecule has 0 radical (unpaired) electrons. The van der Waals surface area contributed by atoms with Gasteiger partial charge in [-0.05, 0) is 62.6 Å². The number of likely N-dealkylation sites (tertiary alicyclic amines) is 1. The van der Waals surface area contributed by atoms with Crippen LogP contribution in [0.5, 0.6) is 17.2 Å². The van der Waals surface area contributed by atoms with Crippen LogP contribution in [-0.4, -0.2) is 62.3 Å². The molecule has 1 saturated heterocycles. The molecule has 0 aliphatic carbocycles. The molecule has 1 heterocycles. The van der Waals surface area contributed by atoms with E-state index in [0.29, 0.717) is 28.4 Å². The topological polar surface area (TPSA) is 94.5 Å². The number of Topliss-reactive ketones (excluding diaryl/α,β-unsaturated/α-hetero) is 1. The Morgan fingerprint density at radius 3 is 2.11 bits per heavy atom. The summed E-state index contributed by atoms with van der Waals surface area (Å²) in [6, 6.07) is 7.89. The lowest BCUT2D eigenvalue weighted by Gasteiger charge is -2.27. The first-order valence-electron chi connectivity index (χ1n) is 11.4. The minimum Gasteiger partial charge on any atom is -0.507 e. The Labute approximate surface area is 206 Å². The lowest BCUT2D eigenvalue weighted by Crippen LogP contribution is -2.33. The number of aliphatic hydroxyl groups excluding tert-OH is 1. The van der Waals surface area contributed by atoms with Crippen LogP contribution in [0.4, 0.5) is 0 Å². The van der Waals surface area contributed by atoms with Crippen molar-refractivity contribution in [2.75, 3.05) is 34.5 Å². The molecule has 8 heteroatoms. The Hall–Kier alpha value is -3.52. The number of hydrogen-bond acceptors (Lipinski definition) is 7. The summed E-state index contributed by atoms with van der Waals surface area (Å²) in [6.45, 7) is 8.06. The van der Waals surface area contributed by atoms with E-state index in [9.17, 15) is 14.7 Å². The van der Waals surface area contributed by atoms with Crippen LogP contribution in [-0.2, 0) is 14.3 Å².